The number of para-hydroxylation sites is 2. The Bertz CT molecular complexity index is 1150. The molecule has 0 saturated heterocycles. The number of methoxy groups -OCH3 is 1. The van der Waals surface area contributed by atoms with E-state index in [1.807, 2.05) is 54.6 Å². The van der Waals surface area contributed by atoms with Crippen LogP contribution in [-0.4, -0.2) is 28.4 Å². The van der Waals surface area contributed by atoms with E-state index in [9.17, 15) is 5.11 Å². The molecule has 4 rings (SSSR count). The van der Waals surface area contributed by atoms with E-state index in [4.69, 9.17) is 14.5 Å². The molecule has 0 aliphatic rings. The SMILES string of the molecule is COc1ccccc1OCCn1c(C(O)c2ccccc2)nc2cc(C)c(C)cc21. The summed E-state index contributed by atoms with van der Waals surface area (Å²) < 4.78 is 13.4. The summed E-state index contributed by atoms with van der Waals surface area (Å²) in [5.74, 6) is 2.01. The van der Waals surface area contributed by atoms with Crippen molar-refractivity contribution in [2.75, 3.05) is 13.7 Å². The van der Waals surface area contributed by atoms with Gasteiger partial charge >= 0.3 is 0 Å². The molecule has 3 aromatic carbocycles. The Morgan fingerprint density at radius 3 is 2.33 bits per heavy atom. The summed E-state index contributed by atoms with van der Waals surface area (Å²) >= 11 is 0. The van der Waals surface area contributed by atoms with Gasteiger partial charge in [0, 0.05) is 0 Å². The van der Waals surface area contributed by atoms with Gasteiger partial charge in [-0.2, -0.15) is 0 Å². The Kier molecular flexibility index (Phi) is 5.72. The molecular weight excluding hydrogens is 376 g/mol. The third kappa shape index (κ3) is 3.89. The van der Waals surface area contributed by atoms with E-state index in [2.05, 4.69) is 30.5 Å². The number of benzene rings is 3. The molecule has 0 spiro atoms. The van der Waals surface area contributed by atoms with Crippen LogP contribution in [0.2, 0.25) is 0 Å². The van der Waals surface area contributed by atoms with Crippen LogP contribution in [0, 0.1) is 13.8 Å². The molecule has 1 atom stereocenters. The van der Waals surface area contributed by atoms with Crippen LogP contribution < -0.4 is 9.47 Å². The minimum atomic E-state index is -0.814. The molecule has 1 heterocycles. The Morgan fingerprint density at radius 2 is 1.60 bits per heavy atom. The molecule has 0 bridgehead atoms. The van der Waals surface area contributed by atoms with E-state index >= 15 is 0 Å². The first-order valence-electron chi connectivity index (χ1n) is 10.0. The molecule has 30 heavy (non-hydrogen) atoms. The van der Waals surface area contributed by atoms with Crippen LogP contribution >= 0.6 is 0 Å². The molecule has 154 valence electrons. The zero-order valence-electron chi connectivity index (χ0n) is 17.5. The minimum absolute atomic E-state index is 0.424. The van der Waals surface area contributed by atoms with Crippen LogP contribution in [0.3, 0.4) is 0 Å². The van der Waals surface area contributed by atoms with Crippen LogP contribution in [0.15, 0.2) is 66.7 Å². The summed E-state index contributed by atoms with van der Waals surface area (Å²) in [6.07, 6.45) is -0.814. The summed E-state index contributed by atoms with van der Waals surface area (Å²) in [7, 11) is 1.63. The van der Waals surface area contributed by atoms with E-state index < -0.39 is 6.10 Å². The number of aliphatic hydroxyl groups excluding tert-OH is 1. The summed E-state index contributed by atoms with van der Waals surface area (Å²) in [6.45, 7) is 5.14. The van der Waals surface area contributed by atoms with E-state index in [1.54, 1.807) is 7.11 Å². The number of rotatable bonds is 7. The van der Waals surface area contributed by atoms with Crippen LogP contribution in [0.4, 0.5) is 0 Å². The van der Waals surface area contributed by atoms with E-state index in [0.29, 0.717) is 30.5 Å². The highest BCUT2D eigenvalue weighted by Gasteiger charge is 2.20. The second-order valence-corrected chi connectivity index (χ2v) is 7.36. The molecule has 0 radical (unpaired) electrons. The van der Waals surface area contributed by atoms with Gasteiger partial charge in [0.1, 0.15) is 18.5 Å². The lowest BCUT2D eigenvalue weighted by Gasteiger charge is -2.16. The largest absolute Gasteiger partial charge is 0.493 e. The van der Waals surface area contributed by atoms with E-state index in [1.165, 1.54) is 11.1 Å². The zero-order valence-corrected chi connectivity index (χ0v) is 17.5. The fraction of sp³-hybridized carbons (Fsp3) is 0.240. The van der Waals surface area contributed by atoms with Crippen molar-refractivity contribution < 1.29 is 14.6 Å². The van der Waals surface area contributed by atoms with Crippen molar-refractivity contribution in [3.05, 3.63) is 89.2 Å². The second kappa shape index (κ2) is 8.59. The fourth-order valence-electron chi connectivity index (χ4n) is 3.61. The first-order valence-corrected chi connectivity index (χ1v) is 10.0. The number of nitrogens with zero attached hydrogens (tertiary/aromatic N) is 2. The highest BCUT2D eigenvalue weighted by Crippen LogP contribution is 2.29. The molecule has 4 aromatic rings. The number of hydrogen-bond donors (Lipinski definition) is 1. The third-order valence-corrected chi connectivity index (χ3v) is 5.39. The molecule has 1 aromatic heterocycles. The van der Waals surface area contributed by atoms with Gasteiger partial charge in [0.05, 0.1) is 24.7 Å². The zero-order chi connectivity index (χ0) is 21.1. The Morgan fingerprint density at radius 1 is 0.933 bits per heavy atom. The molecule has 5 nitrogen and oxygen atoms in total. The average molecular weight is 402 g/mol. The number of ether oxygens (including phenoxy) is 2. The van der Waals surface area contributed by atoms with Gasteiger partial charge in [-0.3, -0.25) is 0 Å². The van der Waals surface area contributed by atoms with Crippen LogP contribution in [0.1, 0.15) is 28.6 Å². The molecular formula is C25H26N2O3. The van der Waals surface area contributed by atoms with Gasteiger partial charge in [0.25, 0.3) is 0 Å². The average Bonchev–Trinajstić information content (AvgIpc) is 3.11. The minimum Gasteiger partial charge on any atom is -0.493 e. The first kappa shape index (κ1) is 20.0. The van der Waals surface area contributed by atoms with Crippen molar-refractivity contribution in [3.63, 3.8) is 0 Å². The number of imidazole rings is 1. The molecule has 0 fully saturated rings. The molecule has 0 amide bonds. The van der Waals surface area contributed by atoms with Crippen molar-refractivity contribution >= 4 is 11.0 Å². The molecule has 1 unspecified atom stereocenters. The van der Waals surface area contributed by atoms with Crippen molar-refractivity contribution in [1.29, 1.82) is 0 Å². The number of aliphatic hydroxyl groups is 1. The third-order valence-electron chi connectivity index (χ3n) is 5.39. The maximum Gasteiger partial charge on any atom is 0.161 e. The van der Waals surface area contributed by atoms with Gasteiger partial charge in [0.2, 0.25) is 0 Å². The van der Waals surface area contributed by atoms with Gasteiger partial charge in [-0.1, -0.05) is 42.5 Å². The monoisotopic (exact) mass is 402 g/mol. The van der Waals surface area contributed by atoms with Gasteiger partial charge in [-0.25, -0.2) is 4.98 Å². The van der Waals surface area contributed by atoms with Crippen molar-refractivity contribution in [2.24, 2.45) is 0 Å². The molecule has 5 heteroatoms. The highest BCUT2D eigenvalue weighted by molar-refractivity contribution is 5.78. The van der Waals surface area contributed by atoms with Crippen molar-refractivity contribution in [2.45, 2.75) is 26.5 Å². The topological polar surface area (TPSA) is 56.5 Å². The van der Waals surface area contributed by atoms with Gasteiger partial charge < -0.3 is 19.1 Å². The number of aromatic nitrogens is 2. The molecule has 0 saturated carbocycles. The number of hydrogen-bond acceptors (Lipinski definition) is 4. The second-order valence-electron chi connectivity index (χ2n) is 7.36. The normalized spacial score (nSPS) is 12.1. The van der Waals surface area contributed by atoms with Crippen molar-refractivity contribution in [3.8, 4) is 11.5 Å². The summed E-state index contributed by atoms with van der Waals surface area (Å²) in [6, 6.07) is 21.4. The summed E-state index contributed by atoms with van der Waals surface area (Å²) in [5.41, 5.74) is 5.05. The van der Waals surface area contributed by atoms with E-state index in [0.717, 1.165) is 16.6 Å². The van der Waals surface area contributed by atoms with Crippen LogP contribution in [0.5, 0.6) is 11.5 Å². The fourth-order valence-corrected chi connectivity index (χ4v) is 3.61. The van der Waals surface area contributed by atoms with Crippen molar-refractivity contribution in [1.82, 2.24) is 9.55 Å². The number of fused-ring (bicyclic) bond motifs is 1. The van der Waals surface area contributed by atoms with Gasteiger partial charge in [-0.05, 0) is 54.8 Å². The quantitative estimate of drug-likeness (QED) is 0.481. The lowest BCUT2D eigenvalue weighted by Crippen LogP contribution is -2.15. The summed E-state index contributed by atoms with van der Waals surface area (Å²) in [5, 5.41) is 11.1. The van der Waals surface area contributed by atoms with Gasteiger partial charge in [0.15, 0.2) is 11.5 Å². The Balaban J connectivity index is 1.68. The van der Waals surface area contributed by atoms with E-state index in [-0.39, 0.29) is 0 Å². The Hall–Kier alpha value is -3.31. The summed E-state index contributed by atoms with van der Waals surface area (Å²) in [4.78, 5) is 4.78. The maximum atomic E-state index is 11.1. The lowest BCUT2D eigenvalue weighted by atomic mass is 10.1. The Labute approximate surface area is 176 Å². The maximum absolute atomic E-state index is 11.1. The molecule has 0 aliphatic carbocycles. The van der Waals surface area contributed by atoms with Gasteiger partial charge in [-0.15, -0.1) is 0 Å². The highest BCUT2D eigenvalue weighted by atomic mass is 16.5. The smallest absolute Gasteiger partial charge is 0.161 e. The standard InChI is InChI=1S/C25H26N2O3/c1-17-15-20-21(16-18(17)2)27(13-14-30-23-12-8-7-11-22(23)29-3)25(26-20)24(28)19-9-5-4-6-10-19/h4-12,15-16,24,28H,13-14H2,1-3H3. The molecule has 0 aliphatic heterocycles. The molecule has 1 N–H and O–H groups in total. The van der Waals surface area contributed by atoms with Crippen LogP contribution in [0.25, 0.3) is 11.0 Å². The number of aryl methyl sites for hydroxylation is 2. The first-order chi connectivity index (χ1) is 14.6. The van der Waals surface area contributed by atoms with Crippen LogP contribution in [-0.2, 0) is 6.54 Å². The predicted molar refractivity (Wildman–Crippen MR) is 118 cm³/mol. The predicted octanol–water partition coefficient (Wildman–Crippen LogP) is 4.82. The lowest BCUT2D eigenvalue weighted by molar-refractivity contribution is 0.201.